The van der Waals surface area contributed by atoms with Crippen molar-refractivity contribution in [3.8, 4) is 6.07 Å². The summed E-state index contributed by atoms with van der Waals surface area (Å²) in [5, 5.41) is 8.84. The number of halogens is 1. The zero-order chi connectivity index (χ0) is 13.0. The number of hydrogen-bond donors (Lipinski definition) is 0. The molecule has 0 N–H and O–H groups in total. The van der Waals surface area contributed by atoms with Crippen LogP contribution in [0.25, 0.3) is 0 Å². The Labute approximate surface area is 107 Å². The van der Waals surface area contributed by atoms with E-state index in [0.717, 1.165) is 38.2 Å². The molecule has 0 aromatic heterocycles. The van der Waals surface area contributed by atoms with Gasteiger partial charge in [0, 0.05) is 25.4 Å². The number of rotatable bonds is 3. The van der Waals surface area contributed by atoms with Gasteiger partial charge in [-0.2, -0.15) is 5.26 Å². The summed E-state index contributed by atoms with van der Waals surface area (Å²) in [6.07, 6.45) is 2.22. The Bertz CT molecular complexity index is 448. The molecule has 0 unspecified atom stereocenters. The summed E-state index contributed by atoms with van der Waals surface area (Å²) in [6, 6.07) is 6.47. The molecule has 0 saturated carbocycles. The third-order valence-electron chi connectivity index (χ3n) is 3.22. The Morgan fingerprint density at radius 1 is 1.39 bits per heavy atom. The van der Waals surface area contributed by atoms with Crippen molar-refractivity contribution >= 4 is 5.69 Å². The van der Waals surface area contributed by atoms with Gasteiger partial charge in [-0.15, -0.1) is 0 Å². The van der Waals surface area contributed by atoms with Crippen LogP contribution < -0.4 is 4.90 Å². The van der Waals surface area contributed by atoms with Crippen molar-refractivity contribution in [1.82, 2.24) is 0 Å². The molecule has 96 valence electrons. The van der Waals surface area contributed by atoms with Crippen molar-refractivity contribution in [2.75, 3.05) is 24.6 Å². The predicted octanol–water partition coefficient (Wildman–Crippen LogP) is 2.70. The summed E-state index contributed by atoms with van der Waals surface area (Å²) in [5.41, 5.74) is 1.17. The van der Waals surface area contributed by atoms with Crippen molar-refractivity contribution in [3.63, 3.8) is 0 Å². The van der Waals surface area contributed by atoms with Gasteiger partial charge in [-0.1, -0.05) is 0 Å². The van der Waals surface area contributed by atoms with E-state index in [4.69, 9.17) is 10.00 Å². The molecule has 0 atom stereocenters. The lowest BCUT2D eigenvalue weighted by molar-refractivity contribution is 0.0459. The molecule has 1 aliphatic heterocycles. The van der Waals surface area contributed by atoms with E-state index in [1.807, 2.05) is 13.0 Å². The second kappa shape index (κ2) is 5.83. The maximum Gasteiger partial charge on any atom is 0.126 e. The van der Waals surface area contributed by atoms with Gasteiger partial charge in [0.25, 0.3) is 0 Å². The maximum atomic E-state index is 13.4. The minimum absolute atomic E-state index is 0.315. The Morgan fingerprint density at radius 3 is 2.72 bits per heavy atom. The van der Waals surface area contributed by atoms with Gasteiger partial charge in [0.05, 0.1) is 17.7 Å². The molecular weight excluding hydrogens is 231 g/mol. The second-order valence-corrected chi connectivity index (χ2v) is 4.45. The molecule has 18 heavy (non-hydrogen) atoms. The lowest BCUT2D eigenvalue weighted by Gasteiger charge is -2.33. The van der Waals surface area contributed by atoms with Crippen LogP contribution in [0, 0.1) is 17.1 Å². The molecule has 0 amide bonds. The lowest BCUT2D eigenvalue weighted by Crippen LogP contribution is -2.37. The largest absolute Gasteiger partial charge is 0.378 e. The first-order valence-corrected chi connectivity index (χ1v) is 6.30. The predicted molar refractivity (Wildman–Crippen MR) is 68.0 cm³/mol. The number of piperidine rings is 1. The number of nitrogens with zero attached hydrogens (tertiary/aromatic N) is 2. The van der Waals surface area contributed by atoms with Crippen LogP contribution in [-0.4, -0.2) is 25.8 Å². The van der Waals surface area contributed by atoms with Crippen LogP contribution in [0.3, 0.4) is 0 Å². The van der Waals surface area contributed by atoms with E-state index in [1.165, 1.54) is 12.1 Å². The average molecular weight is 248 g/mol. The summed E-state index contributed by atoms with van der Waals surface area (Å²) in [6.45, 7) is 4.43. The van der Waals surface area contributed by atoms with Gasteiger partial charge in [-0.25, -0.2) is 4.39 Å². The summed E-state index contributed by atoms with van der Waals surface area (Å²) in [5.74, 6) is -0.351. The van der Waals surface area contributed by atoms with Crippen LogP contribution >= 0.6 is 0 Å². The average Bonchev–Trinajstić information content (AvgIpc) is 2.39. The Balaban J connectivity index is 2.05. The van der Waals surface area contributed by atoms with Gasteiger partial charge in [-0.3, -0.25) is 0 Å². The Hall–Kier alpha value is -1.60. The molecular formula is C14H17FN2O. The van der Waals surface area contributed by atoms with Crippen LogP contribution in [0.15, 0.2) is 18.2 Å². The molecule has 1 aliphatic rings. The molecule has 0 spiro atoms. The molecule has 4 heteroatoms. The second-order valence-electron chi connectivity index (χ2n) is 4.45. The fourth-order valence-electron chi connectivity index (χ4n) is 2.34. The molecule has 1 aromatic rings. The molecule has 1 saturated heterocycles. The summed E-state index contributed by atoms with van der Waals surface area (Å²) >= 11 is 0. The summed E-state index contributed by atoms with van der Waals surface area (Å²) < 4.78 is 18.9. The minimum atomic E-state index is -0.351. The van der Waals surface area contributed by atoms with Crippen LogP contribution in [0.5, 0.6) is 0 Å². The fraction of sp³-hybridized carbons (Fsp3) is 0.500. The molecule has 1 fully saturated rings. The molecule has 0 aliphatic carbocycles. The van der Waals surface area contributed by atoms with E-state index in [9.17, 15) is 4.39 Å². The SMILES string of the molecule is CCOC1CCN(c2cc(F)cc(C#N)c2)CC1. The highest BCUT2D eigenvalue weighted by Gasteiger charge is 2.20. The standard InChI is InChI=1S/C14H17FN2O/c1-2-18-14-3-5-17(6-4-14)13-8-11(10-16)7-12(15)9-13/h7-9,14H,2-6H2,1H3. The van der Waals surface area contributed by atoms with Gasteiger partial charge >= 0.3 is 0 Å². The van der Waals surface area contributed by atoms with Gasteiger partial charge < -0.3 is 9.64 Å². The third kappa shape index (κ3) is 2.99. The van der Waals surface area contributed by atoms with Crippen molar-refractivity contribution in [1.29, 1.82) is 5.26 Å². The smallest absolute Gasteiger partial charge is 0.126 e. The van der Waals surface area contributed by atoms with Gasteiger partial charge in [0.2, 0.25) is 0 Å². The number of ether oxygens (including phenoxy) is 1. The topological polar surface area (TPSA) is 36.3 Å². The van der Waals surface area contributed by atoms with E-state index in [0.29, 0.717) is 11.7 Å². The first kappa shape index (κ1) is 12.8. The highest BCUT2D eigenvalue weighted by molar-refractivity contribution is 5.52. The van der Waals surface area contributed by atoms with E-state index in [1.54, 1.807) is 6.07 Å². The van der Waals surface area contributed by atoms with E-state index in [2.05, 4.69) is 4.90 Å². The van der Waals surface area contributed by atoms with Crippen LogP contribution in [0.2, 0.25) is 0 Å². The maximum absolute atomic E-state index is 13.4. The first-order chi connectivity index (χ1) is 8.72. The molecule has 1 heterocycles. The van der Waals surface area contributed by atoms with Gasteiger partial charge in [0.15, 0.2) is 0 Å². The highest BCUT2D eigenvalue weighted by Crippen LogP contribution is 2.23. The van der Waals surface area contributed by atoms with Crippen molar-refractivity contribution in [3.05, 3.63) is 29.6 Å². The molecule has 1 aromatic carbocycles. The van der Waals surface area contributed by atoms with Crippen LogP contribution in [0.4, 0.5) is 10.1 Å². The number of anilines is 1. The van der Waals surface area contributed by atoms with Crippen molar-refractivity contribution < 1.29 is 9.13 Å². The zero-order valence-electron chi connectivity index (χ0n) is 10.5. The number of benzene rings is 1. The Morgan fingerprint density at radius 2 is 2.11 bits per heavy atom. The monoisotopic (exact) mass is 248 g/mol. The molecule has 0 radical (unpaired) electrons. The number of hydrogen-bond acceptors (Lipinski definition) is 3. The third-order valence-corrected chi connectivity index (χ3v) is 3.22. The van der Waals surface area contributed by atoms with E-state index >= 15 is 0 Å². The Kier molecular flexibility index (Phi) is 4.16. The summed E-state index contributed by atoms with van der Waals surface area (Å²) in [7, 11) is 0. The zero-order valence-corrected chi connectivity index (χ0v) is 10.5. The van der Waals surface area contributed by atoms with E-state index < -0.39 is 0 Å². The fourth-order valence-corrected chi connectivity index (χ4v) is 2.34. The lowest BCUT2D eigenvalue weighted by atomic mass is 10.1. The van der Waals surface area contributed by atoms with Crippen LogP contribution in [0.1, 0.15) is 25.3 Å². The van der Waals surface area contributed by atoms with Crippen molar-refractivity contribution in [2.45, 2.75) is 25.9 Å². The van der Waals surface area contributed by atoms with E-state index in [-0.39, 0.29) is 5.82 Å². The quantitative estimate of drug-likeness (QED) is 0.825. The van der Waals surface area contributed by atoms with Crippen molar-refractivity contribution in [2.24, 2.45) is 0 Å². The minimum Gasteiger partial charge on any atom is -0.378 e. The normalized spacial score (nSPS) is 16.6. The highest BCUT2D eigenvalue weighted by atomic mass is 19.1. The first-order valence-electron chi connectivity index (χ1n) is 6.30. The van der Waals surface area contributed by atoms with Gasteiger partial charge in [-0.05, 0) is 38.0 Å². The van der Waals surface area contributed by atoms with Crippen LogP contribution in [-0.2, 0) is 4.74 Å². The molecule has 3 nitrogen and oxygen atoms in total. The summed E-state index contributed by atoms with van der Waals surface area (Å²) in [4.78, 5) is 2.11. The number of nitriles is 1. The molecule has 2 rings (SSSR count). The molecule has 0 bridgehead atoms. The van der Waals surface area contributed by atoms with Gasteiger partial charge in [0.1, 0.15) is 5.82 Å².